The van der Waals surface area contributed by atoms with Gasteiger partial charge in [0.2, 0.25) is 0 Å². The highest BCUT2D eigenvalue weighted by molar-refractivity contribution is 7.20. The van der Waals surface area contributed by atoms with Crippen molar-refractivity contribution in [2.24, 2.45) is 0 Å². The molecule has 134 valence electrons. The molecule has 1 amide bonds. The zero-order valence-electron chi connectivity index (χ0n) is 14.4. The Bertz CT molecular complexity index is 939. The normalized spacial score (nSPS) is 12.0. The summed E-state index contributed by atoms with van der Waals surface area (Å²) in [7, 11) is 1.66. The molecule has 26 heavy (non-hydrogen) atoms. The van der Waals surface area contributed by atoms with Crippen molar-refractivity contribution in [3.63, 3.8) is 0 Å². The average Bonchev–Trinajstić information content (AvgIpc) is 3.07. The van der Waals surface area contributed by atoms with E-state index in [1.54, 1.807) is 19.2 Å². The molecule has 1 aromatic heterocycles. The van der Waals surface area contributed by atoms with E-state index in [9.17, 15) is 14.0 Å². The Balaban J connectivity index is 1.65. The number of thiophene rings is 1. The highest BCUT2D eigenvalue weighted by Crippen LogP contribution is 2.28. The third kappa shape index (κ3) is 3.91. The number of halogens is 1. The fraction of sp³-hybridized carbons (Fsp3) is 0.200. The Labute approximate surface area is 154 Å². The van der Waals surface area contributed by atoms with E-state index in [0.29, 0.717) is 16.6 Å². The maximum atomic E-state index is 13.8. The maximum absolute atomic E-state index is 13.8. The molecule has 1 atom stereocenters. The van der Waals surface area contributed by atoms with E-state index in [4.69, 9.17) is 4.74 Å². The number of likely N-dealkylation sites (N-methyl/N-ethyl adjacent to an activating group) is 1. The van der Waals surface area contributed by atoms with Crippen LogP contribution >= 0.6 is 11.3 Å². The molecule has 0 aliphatic heterocycles. The van der Waals surface area contributed by atoms with Crippen molar-refractivity contribution >= 4 is 33.3 Å². The quantitative estimate of drug-likeness (QED) is 0.630. The lowest BCUT2D eigenvalue weighted by molar-refractivity contribution is -0.139. The number of rotatable bonds is 5. The predicted molar refractivity (Wildman–Crippen MR) is 99.6 cm³/mol. The summed E-state index contributed by atoms with van der Waals surface area (Å²) in [4.78, 5) is 26.5. The van der Waals surface area contributed by atoms with Crippen molar-refractivity contribution in [2.75, 3.05) is 7.05 Å². The highest BCUT2D eigenvalue weighted by atomic mass is 32.1. The van der Waals surface area contributed by atoms with Gasteiger partial charge in [-0.3, -0.25) is 4.79 Å². The molecule has 0 aliphatic rings. The first kappa shape index (κ1) is 18.1. The summed E-state index contributed by atoms with van der Waals surface area (Å²) in [5.41, 5.74) is 0.988. The maximum Gasteiger partial charge on any atom is 0.349 e. The number of hydrogen-bond donors (Lipinski definition) is 0. The van der Waals surface area contributed by atoms with Crippen LogP contribution in [0.15, 0.2) is 54.6 Å². The molecule has 3 aromatic rings. The molecule has 3 rings (SSSR count). The summed E-state index contributed by atoms with van der Waals surface area (Å²) in [6.07, 6.45) is -0.925. The van der Waals surface area contributed by atoms with Crippen LogP contribution in [-0.2, 0) is 16.1 Å². The SMILES string of the molecule is C[C@@H](OC(=O)c1cc2c(F)cccc2s1)C(=O)N(C)Cc1ccccc1. The fourth-order valence-corrected chi connectivity index (χ4v) is 3.60. The second kappa shape index (κ2) is 7.66. The molecule has 0 bridgehead atoms. The van der Waals surface area contributed by atoms with Crippen LogP contribution in [0.5, 0.6) is 0 Å². The number of esters is 1. The van der Waals surface area contributed by atoms with E-state index >= 15 is 0 Å². The second-order valence-corrected chi connectivity index (χ2v) is 7.07. The molecule has 6 heteroatoms. The number of hydrogen-bond acceptors (Lipinski definition) is 4. The zero-order chi connectivity index (χ0) is 18.7. The van der Waals surface area contributed by atoms with Crippen molar-refractivity contribution in [3.8, 4) is 0 Å². The lowest BCUT2D eigenvalue weighted by Gasteiger charge is -2.21. The first-order valence-corrected chi connectivity index (χ1v) is 8.95. The molecule has 0 fully saturated rings. The topological polar surface area (TPSA) is 46.6 Å². The van der Waals surface area contributed by atoms with Gasteiger partial charge in [-0.15, -0.1) is 11.3 Å². The Morgan fingerprint density at radius 1 is 1.15 bits per heavy atom. The molecule has 1 heterocycles. The molecule has 0 spiro atoms. The predicted octanol–water partition coefficient (Wildman–Crippen LogP) is 4.24. The third-order valence-electron chi connectivity index (χ3n) is 3.98. The van der Waals surface area contributed by atoms with Crippen LogP contribution in [0.25, 0.3) is 10.1 Å². The van der Waals surface area contributed by atoms with E-state index in [-0.39, 0.29) is 16.6 Å². The minimum absolute atomic E-state index is 0.274. The summed E-state index contributed by atoms with van der Waals surface area (Å²) in [6.45, 7) is 1.96. The van der Waals surface area contributed by atoms with Crippen LogP contribution in [0, 0.1) is 5.82 Å². The summed E-state index contributed by atoms with van der Waals surface area (Å²) < 4.78 is 19.7. The van der Waals surface area contributed by atoms with E-state index in [0.717, 1.165) is 16.9 Å². The monoisotopic (exact) mass is 371 g/mol. The number of carbonyl (C=O) groups is 2. The highest BCUT2D eigenvalue weighted by Gasteiger charge is 2.23. The van der Waals surface area contributed by atoms with Crippen LogP contribution in [0.4, 0.5) is 4.39 Å². The van der Waals surface area contributed by atoms with Crippen molar-refractivity contribution < 1.29 is 18.7 Å². The smallest absolute Gasteiger partial charge is 0.349 e. The summed E-state index contributed by atoms with van der Waals surface area (Å²) in [5, 5.41) is 0.379. The van der Waals surface area contributed by atoms with Gasteiger partial charge in [0.25, 0.3) is 5.91 Å². The van der Waals surface area contributed by atoms with Gasteiger partial charge in [-0.1, -0.05) is 36.4 Å². The molecule has 0 N–H and O–H groups in total. The molecule has 0 radical (unpaired) electrons. The van der Waals surface area contributed by atoms with Crippen LogP contribution < -0.4 is 0 Å². The third-order valence-corrected chi connectivity index (χ3v) is 5.06. The van der Waals surface area contributed by atoms with Crippen LogP contribution in [0.3, 0.4) is 0 Å². The number of fused-ring (bicyclic) bond motifs is 1. The number of nitrogens with zero attached hydrogens (tertiary/aromatic N) is 1. The number of ether oxygens (including phenoxy) is 1. The molecule has 0 aliphatic carbocycles. The minimum atomic E-state index is -0.925. The van der Waals surface area contributed by atoms with Crippen LogP contribution in [-0.4, -0.2) is 29.9 Å². The molecule has 0 unspecified atom stereocenters. The van der Waals surface area contributed by atoms with Gasteiger partial charge in [-0.2, -0.15) is 0 Å². The Kier molecular flexibility index (Phi) is 5.32. The van der Waals surface area contributed by atoms with Gasteiger partial charge < -0.3 is 9.64 Å². The van der Waals surface area contributed by atoms with Gasteiger partial charge in [0.1, 0.15) is 10.7 Å². The Morgan fingerprint density at radius 3 is 2.58 bits per heavy atom. The lowest BCUT2D eigenvalue weighted by Crippen LogP contribution is -2.37. The van der Waals surface area contributed by atoms with Gasteiger partial charge in [0.05, 0.1) is 0 Å². The van der Waals surface area contributed by atoms with Gasteiger partial charge in [0.15, 0.2) is 6.10 Å². The van der Waals surface area contributed by atoms with Crippen LogP contribution in [0.1, 0.15) is 22.2 Å². The molecular weight excluding hydrogens is 353 g/mol. The number of carbonyl (C=O) groups excluding carboxylic acids is 2. The summed E-state index contributed by atoms with van der Waals surface area (Å²) in [6, 6.07) is 15.7. The Morgan fingerprint density at radius 2 is 1.88 bits per heavy atom. The minimum Gasteiger partial charge on any atom is -0.448 e. The number of amides is 1. The van der Waals surface area contributed by atoms with Crippen molar-refractivity contribution in [1.82, 2.24) is 4.90 Å². The number of benzene rings is 2. The van der Waals surface area contributed by atoms with Gasteiger partial charge >= 0.3 is 5.97 Å². The standard InChI is InChI=1S/C20H18FNO3S/c1-13(19(23)22(2)12-14-7-4-3-5-8-14)25-20(24)18-11-15-16(21)9-6-10-17(15)26-18/h3-11,13H,12H2,1-2H3/t13-/m1/s1. The van der Waals surface area contributed by atoms with Crippen molar-refractivity contribution in [3.05, 3.63) is 70.9 Å². The van der Waals surface area contributed by atoms with Gasteiger partial charge in [-0.05, 0) is 30.7 Å². The molecule has 4 nitrogen and oxygen atoms in total. The largest absolute Gasteiger partial charge is 0.448 e. The summed E-state index contributed by atoms with van der Waals surface area (Å²) >= 11 is 1.14. The second-order valence-electron chi connectivity index (χ2n) is 5.99. The fourth-order valence-electron chi connectivity index (χ4n) is 2.64. The van der Waals surface area contributed by atoms with E-state index in [1.807, 2.05) is 30.3 Å². The first-order valence-electron chi connectivity index (χ1n) is 8.13. The molecule has 0 saturated heterocycles. The van der Waals surface area contributed by atoms with E-state index in [2.05, 4.69) is 0 Å². The van der Waals surface area contributed by atoms with Gasteiger partial charge in [0, 0.05) is 23.7 Å². The molecule has 2 aromatic carbocycles. The van der Waals surface area contributed by atoms with Crippen LogP contribution in [0.2, 0.25) is 0 Å². The van der Waals surface area contributed by atoms with Crippen molar-refractivity contribution in [2.45, 2.75) is 19.6 Å². The Hall–Kier alpha value is -2.73. The first-order chi connectivity index (χ1) is 12.5. The summed E-state index contributed by atoms with van der Waals surface area (Å²) in [5.74, 6) is -1.31. The molecular formula is C20H18FNO3S. The van der Waals surface area contributed by atoms with E-state index < -0.39 is 12.1 Å². The lowest BCUT2D eigenvalue weighted by atomic mass is 10.2. The average molecular weight is 371 g/mol. The van der Waals surface area contributed by atoms with Gasteiger partial charge in [-0.25, -0.2) is 9.18 Å². The zero-order valence-corrected chi connectivity index (χ0v) is 15.3. The molecule has 0 saturated carbocycles. The van der Waals surface area contributed by atoms with Crippen molar-refractivity contribution in [1.29, 1.82) is 0 Å². The van der Waals surface area contributed by atoms with E-state index in [1.165, 1.54) is 24.0 Å².